The maximum atomic E-state index is 11.1. The lowest BCUT2D eigenvalue weighted by atomic mass is 10.3. The van der Waals surface area contributed by atoms with Crippen LogP contribution in [0, 0.1) is 0 Å². The molecule has 0 aliphatic heterocycles. The van der Waals surface area contributed by atoms with Crippen LogP contribution in [0.25, 0.3) is 0 Å². The van der Waals surface area contributed by atoms with E-state index in [-0.39, 0.29) is 16.5 Å². The molecule has 0 radical (unpaired) electrons. The maximum absolute atomic E-state index is 11.1. The van der Waals surface area contributed by atoms with Gasteiger partial charge in [0.25, 0.3) is 10.2 Å². The molecule has 1 aromatic carbocycles. The zero-order valence-electron chi connectivity index (χ0n) is 7.28. The second-order valence-corrected chi connectivity index (χ2v) is 4.50. The molecular weight excluding hydrogens is 228 g/mol. The van der Waals surface area contributed by atoms with Crippen LogP contribution in [-0.4, -0.2) is 20.6 Å². The smallest absolute Gasteiger partial charge is 0.298 e. The number of nitrogens with one attached hydrogen (secondary N) is 2. The average molecular weight is 237 g/mol. The number of aromatic hydroxyl groups is 1. The predicted molar refractivity (Wildman–Crippen MR) is 54.7 cm³/mol. The predicted octanol–water partition coefficient (Wildman–Crippen LogP) is 0.922. The Kier molecular flexibility index (Phi) is 3.20. The molecule has 5 nitrogen and oxygen atoms in total. The van der Waals surface area contributed by atoms with Crippen LogP contribution < -0.4 is 9.44 Å². The minimum Gasteiger partial charge on any atom is -0.508 e. The Bertz CT molecular complexity index is 433. The van der Waals surface area contributed by atoms with Crippen molar-refractivity contribution in [3.63, 3.8) is 0 Å². The number of anilines is 1. The van der Waals surface area contributed by atoms with E-state index < -0.39 is 10.2 Å². The highest BCUT2D eigenvalue weighted by Gasteiger charge is 2.09. The fraction of sp³-hybridized carbons (Fsp3) is 0.143. The molecule has 7 heteroatoms. The lowest BCUT2D eigenvalue weighted by Crippen LogP contribution is -2.26. The summed E-state index contributed by atoms with van der Waals surface area (Å²) in [7, 11) is -2.30. The Morgan fingerprint density at radius 2 is 2.07 bits per heavy atom. The molecular formula is C7H9ClN2O3S. The molecule has 0 aromatic heterocycles. The Morgan fingerprint density at radius 3 is 2.57 bits per heavy atom. The highest BCUT2D eigenvalue weighted by atomic mass is 35.5. The summed E-state index contributed by atoms with van der Waals surface area (Å²) < 4.78 is 26.4. The van der Waals surface area contributed by atoms with Crippen LogP contribution in [0.2, 0.25) is 5.02 Å². The number of halogens is 1. The second kappa shape index (κ2) is 4.04. The fourth-order valence-corrected chi connectivity index (χ4v) is 1.63. The molecule has 1 rings (SSSR count). The van der Waals surface area contributed by atoms with Crippen molar-refractivity contribution >= 4 is 27.5 Å². The summed E-state index contributed by atoms with van der Waals surface area (Å²) in [6, 6.07) is 3.95. The average Bonchev–Trinajstić information content (AvgIpc) is 2.10. The van der Waals surface area contributed by atoms with Gasteiger partial charge in [-0.05, 0) is 12.1 Å². The van der Waals surface area contributed by atoms with Gasteiger partial charge in [0.1, 0.15) is 5.75 Å². The van der Waals surface area contributed by atoms with Gasteiger partial charge in [-0.15, -0.1) is 0 Å². The van der Waals surface area contributed by atoms with E-state index in [2.05, 4.69) is 9.44 Å². The van der Waals surface area contributed by atoms with E-state index in [1.165, 1.54) is 25.2 Å². The molecule has 0 unspecified atom stereocenters. The summed E-state index contributed by atoms with van der Waals surface area (Å²) in [6.45, 7) is 0. The Morgan fingerprint density at radius 1 is 1.43 bits per heavy atom. The van der Waals surface area contributed by atoms with Crippen LogP contribution in [0.1, 0.15) is 0 Å². The van der Waals surface area contributed by atoms with Crippen LogP contribution in [0.5, 0.6) is 5.75 Å². The molecule has 0 bridgehead atoms. The molecule has 0 heterocycles. The summed E-state index contributed by atoms with van der Waals surface area (Å²) in [6.07, 6.45) is 0. The minimum absolute atomic E-state index is 0.0256. The number of hydrogen-bond donors (Lipinski definition) is 3. The highest BCUT2D eigenvalue weighted by Crippen LogP contribution is 2.26. The minimum atomic E-state index is -3.57. The summed E-state index contributed by atoms with van der Waals surface area (Å²) in [5, 5.41) is 9.14. The number of phenolic OH excluding ortho intramolecular Hbond substituents is 1. The Hall–Kier alpha value is -0.980. The van der Waals surface area contributed by atoms with Crippen molar-refractivity contribution in [3.8, 4) is 5.75 Å². The van der Waals surface area contributed by atoms with E-state index in [1.54, 1.807) is 0 Å². The van der Waals surface area contributed by atoms with Gasteiger partial charge in [-0.1, -0.05) is 11.6 Å². The molecule has 0 atom stereocenters. The molecule has 0 fully saturated rings. The number of hydrogen-bond acceptors (Lipinski definition) is 3. The van der Waals surface area contributed by atoms with Crippen molar-refractivity contribution in [1.82, 2.24) is 4.72 Å². The molecule has 1 aromatic rings. The molecule has 0 aliphatic rings. The zero-order valence-corrected chi connectivity index (χ0v) is 8.85. The third-order valence-electron chi connectivity index (χ3n) is 1.47. The van der Waals surface area contributed by atoms with Gasteiger partial charge in [0.05, 0.1) is 10.7 Å². The SMILES string of the molecule is CNS(=O)(=O)Nc1ccc(O)cc1Cl. The van der Waals surface area contributed by atoms with Crippen molar-refractivity contribution in [2.45, 2.75) is 0 Å². The first-order valence-electron chi connectivity index (χ1n) is 3.64. The zero-order chi connectivity index (χ0) is 10.8. The van der Waals surface area contributed by atoms with Gasteiger partial charge in [-0.25, -0.2) is 4.72 Å². The van der Waals surface area contributed by atoms with Gasteiger partial charge in [-0.3, -0.25) is 4.72 Å². The molecule has 3 N–H and O–H groups in total. The topological polar surface area (TPSA) is 78.4 Å². The first kappa shape index (κ1) is 11.1. The summed E-state index contributed by atoms with van der Waals surface area (Å²) in [5.41, 5.74) is 0.207. The van der Waals surface area contributed by atoms with Crippen LogP contribution in [0.4, 0.5) is 5.69 Å². The van der Waals surface area contributed by atoms with Crippen molar-refractivity contribution < 1.29 is 13.5 Å². The van der Waals surface area contributed by atoms with Gasteiger partial charge in [0.15, 0.2) is 0 Å². The van der Waals surface area contributed by atoms with Gasteiger partial charge >= 0.3 is 0 Å². The van der Waals surface area contributed by atoms with Gasteiger partial charge < -0.3 is 5.11 Å². The monoisotopic (exact) mass is 236 g/mol. The van der Waals surface area contributed by atoms with E-state index in [1.807, 2.05) is 0 Å². The van der Waals surface area contributed by atoms with E-state index in [4.69, 9.17) is 16.7 Å². The van der Waals surface area contributed by atoms with Crippen LogP contribution in [-0.2, 0) is 10.2 Å². The molecule has 0 saturated heterocycles. The number of benzene rings is 1. The van der Waals surface area contributed by atoms with E-state index in [9.17, 15) is 8.42 Å². The number of phenols is 1. The van der Waals surface area contributed by atoms with Crippen LogP contribution in [0.15, 0.2) is 18.2 Å². The van der Waals surface area contributed by atoms with Crippen molar-refractivity contribution in [3.05, 3.63) is 23.2 Å². The summed E-state index contributed by atoms with van der Waals surface area (Å²) >= 11 is 5.68. The highest BCUT2D eigenvalue weighted by molar-refractivity contribution is 7.90. The van der Waals surface area contributed by atoms with Gasteiger partial charge in [0.2, 0.25) is 0 Å². The van der Waals surface area contributed by atoms with Crippen molar-refractivity contribution in [2.75, 3.05) is 11.8 Å². The van der Waals surface area contributed by atoms with E-state index >= 15 is 0 Å². The summed E-state index contributed by atoms with van der Waals surface area (Å²) in [4.78, 5) is 0. The molecule has 78 valence electrons. The van der Waals surface area contributed by atoms with Crippen molar-refractivity contribution in [2.24, 2.45) is 0 Å². The largest absolute Gasteiger partial charge is 0.508 e. The normalized spacial score (nSPS) is 11.3. The third kappa shape index (κ3) is 2.76. The molecule has 0 amide bonds. The first-order chi connectivity index (χ1) is 6.44. The Labute approximate surface area is 86.9 Å². The molecule has 0 aliphatic carbocycles. The third-order valence-corrected chi connectivity index (χ3v) is 2.80. The number of rotatable bonds is 3. The molecule has 0 saturated carbocycles. The second-order valence-electron chi connectivity index (χ2n) is 2.47. The molecule has 0 spiro atoms. The quantitative estimate of drug-likeness (QED) is 0.683. The van der Waals surface area contributed by atoms with Crippen LogP contribution in [0.3, 0.4) is 0 Å². The summed E-state index contributed by atoms with van der Waals surface area (Å²) in [5.74, 6) is -0.0256. The van der Waals surface area contributed by atoms with Gasteiger partial charge in [0, 0.05) is 13.1 Å². The van der Waals surface area contributed by atoms with Crippen LogP contribution >= 0.6 is 11.6 Å². The Balaban J connectivity index is 2.99. The fourth-order valence-electron chi connectivity index (χ4n) is 0.783. The van der Waals surface area contributed by atoms with Gasteiger partial charge in [-0.2, -0.15) is 8.42 Å². The van der Waals surface area contributed by atoms with Crippen molar-refractivity contribution in [1.29, 1.82) is 0 Å². The van der Waals surface area contributed by atoms with E-state index in [0.717, 1.165) is 0 Å². The molecule has 14 heavy (non-hydrogen) atoms. The first-order valence-corrected chi connectivity index (χ1v) is 5.50. The van der Waals surface area contributed by atoms with E-state index in [0.29, 0.717) is 0 Å². The maximum Gasteiger partial charge on any atom is 0.298 e. The standard InChI is InChI=1S/C7H9ClN2O3S/c1-9-14(12,13)10-7-3-2-5(11)4-6(7)8/h2-4,9-11H,1H3. The lowest BCUT2D eigenvalue weighted by Gasteiger charge is -2.07. The lowest BCUT2D eigenvalue weighted by molar-refractivity contribution is 0.475.